The van der Waals surface area contributed by atoms with Crippen LogP contribution in [0, 0.1) is 0 Å². The number of fused-ring (bicyclic) bond motifs is 5. The predicted molar refractivity (Wildman–Crippen MR) is 139 cm³/mol. The van der Waals surface area contributed by atoms with Gasteiger partial charge in [0.05, 0.1) is 19.3 Å². The molecule has 0 aliphatic carbocycles. The minimum absolute atomic E-state index is 0.0805. The zero-order valence-corrected chi connectivity index (χ0v) is 21.1. The minimum atomic E-state index is -0.327. The van der Waals surface area contributed by atoms with Crippen LogP contribution in [-0.4, -0.2) is 70.5 Å². The molecule has 3 aliphatic rings. The number of aromatic nitrogens is 1. The van der Waals surface area contributed by atoms with Crippen molar-refractivity contribution in [3.63, 3.8) is 0 Å². The SMILES string of the molecule is COC(=O)[C@@H]1Cc2c([nH]c3ccccc23)[C@H]2C[C@H](N3CC[C@@H](O)C3)C[C@@H](c3ccc(SC)cc3)N21. The lowest BCUT2D eigenvalue weighted by atomic mass is 9.79. The molecule has 7 heteroatoms. The van der Waals surface area contributed by atoms with Crippen molar-refractivity contribution in [3.8, 4) is 0 Å². The van der Waals surface area contributed by atoms with Crippen LogP contribution < -0.4 is 0 Å². The van der Waals surface area contributed by atoms with Crippen LogP contribution in [0.1, 0.15) is 48.2 Å². The molecule has 35 heavy (non-hydrogen) atoms. The number of benzene rings is 2. The van der Waals surface area contributed by atoms with Crippen molar-refractivity contribution in [3.05, 3.63) is 65.4 Å². The standard InChI is InChI=1S/C28H33N3O3S/c1-34-28(33)26-15-22-21-5-3-4-6-23(21)29-27(22)25-14-18(30-12-11-19(32)16-30)13-24(31(25)26)17-7-9-20(35-2)10-8-17/h3-10,18-19,24-26,29,32H,11-16H2,1-2H3/t18-,19-,24+,25-,26+/m1/s1. The third-order valence-electron chi connectivity index (χ3n) is 8.33. The summed E-state index contributed by atoms with van der Waals surface area (Å²) in [6, 6.07) is 17.4. The number of esters is 1. The number of hydrogen-bond acceptors (Lipinski definition) is 6. The average Bonchev–Trinajstić information content (AvgIpc) is 3.51. The molecular weight excluding hydrogens is 458 g/mol. The molecule has 5 atom stereocenters. The first kappa shape index (κ1) is 23.1. The van der Waals surface area contributed by atoms with Crippen LogP contribution in [0.3, 0.4) is 0 Å². The number of ether oxygens (including phenoxy) is 1. The minimum Gasteiger partial charge on any atom is -0.468 e. The molecule has 4 heterocycles. The Balaban J connectivity index is 1.48. The lowest BCUT2D eigenvalue weighted by molar-refractivity contribution is -0.152. The Kier molecular flexibility index (Phi) is 6.13. The molecule has 1 aromatic heterocycles. The molecule has 3 aliphatic heterocycles. The molecule has 6 rings (SSSR count). The maximum absolute atomic E-state index is 13.2. The summed E-state index contributed by atoms with van der Waals surface area (Å²) in [4.78, 5) is 23.1. The quantitative estimate of drug-likeness (QED) is 0.419. The first-order valence-electron chi connectivity index (χ1n) is 12.6. The van der Waals surface area contributed by atoms with Gasteiger partial charge in [-0.3, -0.25) is 14.6 Å². The van der Waals surface area contributed by atoms with Crippen LogP contribution in [0.2, 0.25) is 0 Å². The summed E-state index contributed by atoms with van der Waals surface area (Å²) >= 11 is 1.74. The Morgan fingerprint density at radius 2 is 1.89 bits per heavy atom. The van der Waals surface area contributed by atoms with Gasteiger partial charge >= 0.3 is 5.97 Å². The van der Waals surface area contributed by atoms with E-state index in [2.05, 4.69) is 69.6 Å². The number of methoxy groups -OCH3 is 1. The van der Waals surface area contributed by atoms with E-state index in [0.29, 0.717) is 12.5 Å². The van der Waals surface area contributed by atoms with Gasteiger partial charge in [-0.15, -0.1) is 11.8 Å². The van der Waals surface area contributed by atoms with E-state index in [9.17, 15) is 9.90 Å². The Bertz CT molecular complexity index is 1230. The van der Waals surface area contributed by atoms with Gasteiger partial charge < -0.3 is 14.8 Å². The molecule has 3 aromatic rings. The summed E-state index contributed by atoms with van der Waals surface area (Å²) in [7, 11) is 1.50. The lowest BCUT2D eigenvalue weighted by Crippen LogP contribution is -2.56. The van der Waals surface area contributed by atoms with E-state index < -0.39 is 0 Å². The zero-order chi connectivity index (χ0) is 24.1. The Morgan fingerprint density at radius 3 is 2.60 bits per heavy atom. The number of β-amino-alcohol motifs (C(OH)–C–C–N with tert-alkyl or cyclic N) is 1. The third-order valence-corrected chi connectivity index (χ3v) is 9.08. The molecular formula is C28H33N3O3S. The van der Waals surface area contributed by atoms with Crippen LogP contribution in [0.15, 0.2) is 53.4 Å². The fourth-order valence-electron chi connectivity index (χ4n) is 6.67. The van der Waals surface area contributed by atoms with Crippen molar-refractivity contribution in [1.29, 1.82) is 0 Å². The average molecular weight is 492 g/mol. The molecule has 0 amide bonds. The smallest absolute Gasteiger partial charge is 0.323 e. The number of carbonyl (C=O) groups is 1. The number of H-pyrrole nitrogens is 1. The predicted octanol–water partition coefficient (Wildman–Crippen LogP) is 4.30. The highest BCUT2D eigenvalue weighted by atomic mass is 32.2. The van der Waals surface area contributed by atoms with Crippen molar-refractivity contribution in [1.82, 2.24) is 14.8 Å². The molecule has 6 nitrogen and oxygen atoms in total. The van der Waals surface area contributed by atoms with Gasteiger partial charge in [0, 0.05) is 53.1 Å². The number of aliphatic hydroxyl groups is 1. The van der Waals surface area contributed by atoms with E-state index in [-0.39, 0.29) is 30.2 Å². The maximum Gasteiger partial charge on any atom is 0.323 e. The molecule has 184 valence electrons. The van der Waals surface area contributed by atoms with E-state index in [1.165, 1.54) is 34.2 Å². The van der Waals surface area contributed by atoms with E-state index in [1.807, 2.05) is 0 Å². The highest BCUT2D eigenvalue weighted by Gasteiger charge is 2.49. The van der Waals surface area contributed by atoms with Crippen molar-refractivity contribution >= 4 is 28.6 Å². The highest BCUT2D eigenvalue weighted by molar-refractivity contribution is 7.98. The van der Waals surface area contributed by atoms with Crippen LogP contribution in [0.25, 0.3) is 10.9 Å². The second-order valence-electron chi connectivity index (χ2n) is 10.1. The molecule has 0 radical (unpaired) electrons. The van der Waals surface area contributed by atoms with E-state index in [4.69, 9.17) is 4.74 Å². The summed E-state index contributed by atoms with van der Waals surface area (Å²) in [5, 5.41) is 11.5. The van der Waals surface area contributed by atoms with Gasteiger partial charge in [-0.25, -0.2) is 0 Å². The topological polar surface area (TPSA) is 68.8 Å². The number of aromatic amines is 1. The summed E-state index contributed by atoms with van der Waals surface area (Å²) in [6.07, 6.45) is 5.19. The number of hydrogen-bond donors (Lipinski definition) is 2. The van der Waals surface area contributed by atoms with Gasteiger partial charge in [0.2, 0.25) is 0 Å². The van der Waals surface area contributed by atoms with Crippen LogP contribution in [0.5, 0.6) is 0 Å². The fourth-order valence-corrected chi connectivity index (χ4v) is 7.08. The van der Waals surface area contributed by atoms with Gasteiger partial charge in [0.25, 0.3) is 0 Å². The molecule has 2 aromatic carbocycles. The van der Waals surface area contributed by atoms with Gasteiger partial charge in [0.15, 0.2) is 0 Å². The first-order chi connectivity index (χ1) is 17.1. The summed E-state index contributed by atoms with van der Waals surface area (Å²) in [5.41, 5.74) is 4.85. The molecule has 2 fully saturated rings. The third kappa shape index (κ3) is 3.99. The number of carbonyl (C=O) groups excluding carboxylic acids is 1. The van der Waals surface area contributed by atoms with Gasteiger partial charge in [-0.2, -0.15) is 0 Å². The first-order valence-corrected chi connectivity index (χ1v) is 13.8. The summed E-state index contributed by atoms with van der Waals surface area (Å²) < 4.78 is 5.37. The Labute approximate surface area is 210 Å². The molecule has 0 saturated carbocycles. The largest absolute Gasteiger partial charge is 0.468 e. The van der Waals surface area contributed by atoms with E-state index in [0.717, 1.165) is 37.9 Å². The fraction of sp³-hybridized carbons (Fsp3) is 0.464. The summed E-state index contributed by atoms with van der Waals surface area (Å²) in [6.45, 7) is 1.66. The zero-order valence-electron chi connectivity index (χ0n) is 20.3. The second kappa shape index (κ2) is 9.28. The van der Waals surface area contributed by atoms with Crippen molar-refractivity contribution < 1.29 is 14.6 Å². The molecule has 0 bridgehead atoms. The number of nitrogens with one attached hydrogen (secondary N) is 1. The molecule has 0 spiro atoms. The van der Waals surface area contributed by atoms with Crippen molar-refractivity contribution in [2.75, 3.05) is 26.5 Å². The van der Waals surface area contributed by atoms with Crippen LogP contribution >= 0.6 is 11.8 Å². The Hall–Kier alpha value is -2.32. The number of thioether (sulfide) groups is 1. The second-order valence-corrected chi connectivity index (χ2v) is 11.0. The number of aliphatic hydroxyl groups excluding tert-OH is 1. The van der Waals surface area contributed by atoms with Crippen LogP contribution in [-0.2, 0) is 16.0 Å². The highest BCUT2D eigenvalue weighted by Crippen LogP contribution is 2.50. The van der Waals surface area contributed by atoms with E-state index in [1.54, 1.807) is 11.8 Å². The van der Waals surface area contributed by atoms with Gasteiger partial charge in [-0.05, 0) is 54.8 Å². The van der Waals surface area contributed by atoms with E-state index >= 15 is 0 Å². The number of rotatable bonds is 4. The van der Waals surface area contributed by atoms with Crippen LogP contribution in [0.4, 0.5) is 0 Å². The molecule has 2 saturated heterocycles. The molecule has 2 N–H and O–H groups in total. The van der Waals surface area contributed by atoms with Crippen molar-refractivity contribution in [2.45, 2.75) is 60.9 Å². The summed E-state index contributed by atoms with van der Waals surface area (Å²) in [5.74, 6) is -0.160. The van der Waals surface area contributed by atoms with Crippen molar-refractivity contribution in [2.24, 2.45) is 0 Å². The number of para-hydroxylation sites is 1. The Morgan fingerprint density at radius 1 is 1.11 bits per heavy atom. The molecule has 0 unspecified atom stereocenters. The maximum atomic E-state index is 13.2. The number of piperidine rings is 1. The van der Waals surface area contributed by atoms with Gasteiger partial charge in [0.1, 0.15) is 6.04 Å². The lowest BCUT2D eigenvalue weighted by Gasteiger charge is -2.52. The number of nitrogens with zero attached hydrogens (tertiary/aromatic N) is 2. The van der Waals surface area contributed by atoms with Gasteiger partial charge in [-0.1, -0.05) is 30.3 Å². The monoisotopic (exact) mass is 491 g/mol. The number of likely N-dealkylation sites (tertiary alicyclic amines) is 1. The normalized spacial score (nSPS) is 29.2.